The number of nitrogens with one attached hydrogen (secondary N) is 1. The van der Waals surface area contributed by atoms with Crippen molar-refractivity contribution in [2.24, 2.45) is 0 Å². The van der Waals surface area contributed by atoms with Gasteiger partial charge in [-0.1, -0.05) is 36.4 Å². The van der Waals surface area contributed by atoms with Crippen molar-refractivity contribution in [3.05, 3.63) is 102 Å². The normalized spacial score (nSPS) is 12.9. The summed E-state index contributed by atoms with van der Waals surface area (Å²) in [5.74, 6) is 2.05. The first-order chi connectivity index (χ1) is 15.6. The van der Waals surface area contributed by atoms with Gasteiger partial charge in [0.05, 0.1) is 0 Å². The van der Waals surface area contributed by atoms with Gasteiger partial charge < -0.3 is 20.3 Å². The highest BCUT2D eigenvalue weighted by Crippen LogP contribution is 2.52. The Balaban J connectivity index is 1.71. The van der Waals surface area contributed by atoms with Gasteiger partial charge in [-0.3, -0.25) is 0 Å². The predicted molar refractivity (Wildman–Crippen MR) is 128 cm³/mol. The van der Waals surface area contributed by atoms with Gasteiger partial charge in [-0.25, -0.2) is 0 Å². The van der Waals surface area contributed by atoms with Crippen molar-refractivity contribution in [1.82, 2.24) is 0 Å². The first-order valence-corrected chi connectivity index (χ1v) is 10.6. The topological polar surface area (TPSA) is 61.7 Å². The Hall–Kier alpha value is -4.18. The number of ether oxygens (including phenoxy) is 1. The third-order valence-corrected chi connectivity index (χ3v) is 6.34. The molecule has 5 aromatic carbocycles. The Morgan fingerprint density at radius 3 is 1.69 bits per heavy atom. The van der Waals surface area contributed by atoms with Crippen LogP contribution >= 0.6 is 0 Å². The molecule has 0 saturated heterocycles. The SMILES string of the molecule is CNc1ccc(C2c3c(ccc4cc(O)ccc34)Oc3ccc4cc(O)ccc4c32)cc1. The highest BCUT2D eigenvalue weighted by molar-refractivity contribution is 5.95. The monoisotopic (exact) mass is 419 g/mol. The van der Waals surface area contributed by atoms with Crippen LogP contribution in [-0.4, -0.2) is 17.3 Å². The molecule has 1 aliphatic rings. The molecular weight excluding hydrogens is 398 g/mol. The van der Waals surface area contributed by atoms with Gasteiger partial charge in [-0.15, -0.1) is 0 Å². The van der Waals surface area contributed by atoms with Crippen LogP contribution in [0.15, 0.2) is 84.9 Å². The number of phenolic OH excluding ortho intramolecular Hbond substituents is 2. The molecule has 0 unspecified atom stereocenters. The molecule has 0 aliphatic carbocycles. The summed E-state index contributed by atoms with van der Waals surface area (Å²) >= 11 is 0. The van der Waals surface area contributed by atoms with Crippen molar-refractivity contribution in [1.29, 1.82) is 0 Å². The van der Waals surface area contributed by atoms with Gasteiger partial charge in [0.1, 0.15) is 23.0 Å². The van der Waals surface area contributed by atoms with E-state index in [-0.39, 0.29) is 17.4 Å². The highest BCUT2D eigenvalue weighted by Gasteiger charge is 2.32. The summed E-state index contributed by atoms with van der Waals surface area (Å²) < 4.78 is 6.41. The van der Waals surface area contributed by atoms with Crippen LogP contribution < -0.4 is 10.1 Å². The number of aromatic hydroxyl groups is 2. The standard InChI is InChI=1S/C28H21NO3/c1-29-19-6-2-16(3-7-19)26-27-22-10-8-20(30)14-17(22)4-12-24(27)32-25-13-5-18-15-21(31)9-11-23(18)28(25)26/h2-15,26,29-31H,1H3. The molecule has 0 spiro atoms. The third-order valence-electron chi connectivity index (χ3n) is 6.34. The van der Waals surface area contributed by atoms with Gasteiger partial charge in [0.25, 0.3) is 0 Å². The quantitative estimate of drug-likeness (QED) is 0.291. The van der Waals surface area contributed by atoms with Gasteiger partial charge in [0.15, 0.2) is 0 Å². The van der Waals surface area contributed by atoms with E-state index in [1.807, 2.05) is 43.4 Å². The number of hydrogen-bond acceptors (Lipinski definition) is 4. The third kappa shape index (κ3) is 2.77. The van der Waals surface area contributed by atoms with Crippen molar-refractivity contribution in [3.8, 4) is 23.0 Å². The van der Waals surface area contributed by atoms with Crippen LogP contribution in [0.1, 0.15) is 22.6 Å². The molecule has 3 N–H and O–H groups in total. The van der Waals surface area contributed by atoms with Crippen LogP contribution in [0, 0.1) is 0 Å². The lowest BCUT2D eigenvalue weighted by molar-refractivity contribution is 0.455. The van der Waals surface area contributed by atoms with Crippen molar-refractivity contribution >= 4 is 27.2 Å². The molecule has 1 aliphatic heterocycles. The highest BCUT2D eigenvalue weighted by atomic mass is 16.5. The Kier molecular flexibility index (Phi) is 4.02. The Labute approximate surface area is 185 Å². The molecule has 6 rings (SSSR count). The number of rotatable bonds is 2. The zero-order chi connectivity index (χ0) is 21.8. The molecule has 0 radical (unpaired) electrons. The molecule has 0 saturated carbocycles. The first-order valence-electron chi connectivity index (χ1n) is 10.6. The van der Waals surface area contributed by atoms with E-state index in [1.165, 1.54) is 0 Å². The molecule has 1 heterocycles. The zero-order valence-electron chi connectivity index (χ0n) is 17.5. The molecule has 4 heteroatoms. The number of anilines is 1. The number of hydrogen-bond donors (Lipinski definition) is 3. The Morgan fingerprint density at radius 2 is 1.19 bits per heavy atom. The minimum absolute atomic E-state index is 0.0684. The maximum absolute atomic E-state index is 10.0. The van der Waals surface area contributed by atoms with Gasteiger partial charge in [0, 0.05) is 29.8 Å². The lowest BCUT2D eigenvalue weighted by Crippen LogP contribution is -2.13. The molecule has 5 aromatic rings. The maximum atomic E-state index is 10.0. The lowest BCUT2D eigenvalue weighted by atomic mass is 9.78. The second kappa shape index (κ2) is 6.92. The van der Waals surface area contributed by atoms with Crippen LogP contribution in [-0.2, 0) is 0 Å². The summed E-state index contributed by atoms with van der Waals surface area (Å²) in [6.45, 7) is 0. The number of benzene rings is 5. The molecule has 0 amide bonds. The minimum atomic E-state index is -0.0684. The fourth-order valence-electron chi connectivity index (χ4n) is 4.85. The van der Waals surface area contributed by atoms with Gasteiger partial charge >= 0.3 is 0 Å². The molecule has 4 nitrogen and oxygen atoms in total. The summed E-state index contributed by atoms with van der Waals surface area (Å²) in [5.41, 5.74) is 4.35. The largest absolute Gasteiger partial charge is 0.508 e. The van der Waals surface area contributed by atoms with E-state index >= 15 is 0 Å². The van der Waals surface area contributed by atoms with Gasteiger partial charge in [-0.2, -0.15) is 0 Å². The van der Waals surface area contributed by atoms with Crippen LogP contribution in [0.2, 0.25) is 0 Å². The fraction of sp³-hybridized carbons (Fsp3) is 0.0714. The average molecular weight is 419 g/mol. The zero-order valence-corrected chi connectivity index (χ0v) is 17.5. The lowest BCUT2D eigenvalue weighted by Gasteiger charge is -2.31. The van der Waals surface area contributed by atoms with Crippen LogP contribution in [0.5, 0.6) is 23.0 Å². The summed E-state index contributed by atoms with van der Waals surface area (Å²) in [4.78, 5) is 0. The molecule has 156 valence electrons. The average Bonchev–Trinajstić information content (AvgIpc) is 2.82. The van der Waals surface area contributed by atoms with Crippen molar-refractivity contribution in [3.63, 3.8) is 0 Å². The van der Waals surface area contributed by atoms with Crippen molar-refractivity contribution in [2.75, 3.05) is 12.4 Å². The number of phenols is 2. The smallest absolute Gasteiger partial charge is 0.132 e. The van der Waals surface area contributed by atoms with E-state index in [0.29, 0.717) is 0 Å². The van der Waals surface area contributed by atoms with E-state index < -0.39 is 0 Å². The molecular formula is C28H21NO3. The Morgan fingerprint density at radius 1 is 0.656 bits per heavy atom. The second-order valence-corrected chi connectivity index (χ2v) is 8.17. The van der Waals surface area contributed by atoms with Crippen LogP contribution in [0.25, 0.3) is 21.5 Å². The predicted octanol–water partition coefficient (Wildman–Crippen LogP) is 6.73. The summed E-state index contributed by atoms with van der Waals surface area (Å²) in [7, 11) is 1.91. The summed E-state index contributed by atoms with van der Waals surface area (Å²) in [6, 6.07) is 27.3. The van der Waals surface area contributed by atoms with Crippen molar-refractivity contribution < 1.29 is 14.9 Å². The van der Waals surface area contributed by atoms with Gasteiger partial charge in [0.2, 0.25) is 0 Å². The molecule has 32 heavy (non-hydrogen) atoms. The first kappa shape index (κ1) is 18.6. The van der Waals surface area contributed by atoms with E-state index in [2.05, 4.69) is 29.6 Å². The van der Waals surface area contributed by atoms with E-state index in [9.17, 15) is 10.2 Å². The van der Waals surface area contributed by atoms with E-state index in [0.717, 1.165) is 55.4 Å². The van der Waals surface area contributed by atoms with E-state index in [4.69, 9.17) is 4.74 Å². The molecule has 0 bridgehead atoms. The Bertz CT molecular complexity index is 1410. The second-order valence-electron chi connectivity index (χ2n) is 8.17. The molecule has 0 fully saturated rings. The van der Waals surface area contributed by atoms with Crippen LogP contribution in [0.3, 0.4) is 0 Å². The number of fused-ring (bicyclic) bond motifs is 6. The minimum Gasteiger partial charge on any atom is -0.508 e. The van der Waals surface area contributed by atoms with E-state index in [1.54, 1.807) is 24.3 Å². The molecule has 0 aromatic heterocycles. The maximum Gasteiger partial charge on any atom is 0.132 e. The summed E-state index contributed by atoms with van der Waals surface area (Å²) in [6.07, 6.45) is 0. The van der Waals surface area contributed by atoms with Crippen LogP contribution in [0.4, 0.5) is 5.69 Å². The molecule has 0 atom stereocenters. The van der Waals surface area contributed by atoms with Gasteiger partial charge in [-0.05, 0) is 75.6 Å². The summed E-state index contributed by atoms with van der Waals surface area (Å²) in [5, 5.41) is 27.3. The van der Waals surface area contributed by atoms with Crippen molar-refractivity contribution in [2.45, 2.75) is 5.92 Å². The fourth-order valence-corrected chi connectivity index (χ4v) is 4.85.